The fraction of sp³-hybridized carbons (Fsp3) is 0.154. The Hall–Kier alpha value is -1.45. The van der Waals surface area contributed by atoms with Gasteiger partial charge in [0.05, 0.1) is 11.7 Å². The third-order valence-electron chi connectivity index (χ3n) is 2.55. The van der Waals surface area contributed by atoms with Gasteiger partial charge in [-0.05, 0) is 36.8 Å². The van der Waals surface area contributed by atoms with Gasteiger partial charge in [0.25, 0.3) is 0 Å². The smallest absolute Gasteiger partial charge is 0.129 e. The highest BCUT2D eigenvalue weighted by Gasteiger charge is 2.15. The molecule has 0 spiro atoms. The van der Waals surface area contributed by atoms with Crippen molar-refractivity contribution >= 4 is 11.6 Å². The maximum absolute atomic E-state index is 13.7. The highest BCUT2D eigenvalue weighted by Crippen LogP contribution is 2.23. The quantitative estimate of drug-likeness (QED) is 0.889. The first-order chi connectivity index (χ1) is 8.08. The van der Waals surface area contributed by atoms with E-state index in [4.69, 9.17) is 17.3 Å². The van der Waals surface area contributed by atoms with Crippen molar-refractivity contribution in [2.24, 2.45) is 5.73 Å². The third kappa shape index (κ3) is 2.62. The molecule has 0 aliphatic carbocycles. The van der Waals surface area contributed by atoms with E-state index in [0.717, 1.165) is 5.56 Å². The minimum absolute atomic E-state index is 0.357. The highest BCUT2D eigenvalue weighted by molar-refractivity contribution is 6.30. The van der Waals surface area contributed by atoms with Gasteiger partial charge in [-0.3, -0.25) is 4.98 Å². The van der Waals surface area contributed by atoms with Gasteiger partial charge in [0, 0.05) is 16.8 Å². The summed E-state index contributed by atoms with van der Waals surface area (Å²) >= 11 is 5.70. The molecule has 0 saturated heterocycles. The van der Waals surface area contributed by atoms with Crippen molar-refractivity contribution < 1.29 is 4.39 Å². The van der Waals surface area contributed by atoms with Crippen LogP contribution in [0.4, 0.5) is 4.39 Å². The van der Waals surface area contributed by atoms with Crippen LogP contribution < -0.4 is 5.73 Å². The number of rotatable bonds is 2. The average molecular weight is 251 g/mol. The van der Waals surface area contributed by atoms with E-state index >= 15 is 0 Å². The molecular formula is C13H12ClFN2. The number of nitrogens with two attached hydrogens (primary N) is 1. The zero-order chi connectivity index (χ0) is 12.4. The Morgan fingerprint density at radius 2 is 2.06 bits per heavy atom. The number of benzene rings is 1. The number of nitrogens with zero attached hydrogens (tertiary/aromatic N) is 1. The van der Waals surface area contributed by atoms with E-state index in [2.05, 4.69) is 4.98 Å². The van der Waals surface area contributed by atoms with E-state index in [9.17, 15) is 4.39 Å². The minimum atomic E-state index is -0.577. The summed E-state index contributed by atoms with van der Waals surface area (Å²) in [6.07, 6.45) is 1.67. The van der Waals surface area contributed by atoms with Crippen LogP contribution in [0.2, 0.25) is 5.02 Å². The molecule has 1 aromatic carbocycles. The van der Waals surface area contributed by atoms with Gasteiger partial charge < -0.3 is 5.73 Å². The van der Waals surface area contributed by atoms with E-state index in [1.165, 1.54) is 6.07 Å². The van der Waals surface area contributed by atoms with Crippen molar-refractivity contribution in [3.8, 4) is 0 Å². The molecule has 2 rings (SSSR count). The predicted octanol–water partition coefficient (Wildman–Crippen LogP) is 3.23. The Balaban J connectivity index is 2.40. The van der Waals surface area contributed by atoms with Crippen LogP contribution in [0.25, 0.3) is 0 Å². The summed E-state index contributed by atoms with van der Waals surface area (Å²) in [7, 11) is 0. The van der Waals surface area contributed by atoms with Gasteiger partial charge in [-0.2, -0.15) is 0 Å². The second-order valence-corrected chi connectivity index (χ2v) is 4.34. The number of halogens is 2. The Morgan fingerprint density at radius 1 is 1.29 bits per heavy atom. The first kappa shape index (κ1) is 12.0. The molecule has 0 aliphatic rings. The molecule has 4 heteroatoms. The molecule has 0 fully saturated rings. The van der Waals surface area contributed by atoms with Gasteiger partial charge in [-0.1, -0.05) is 17.7 Å². The van der Waals surface area contributed by atoms with Crippen LogP contribution in [-0.4, -0.2) is 4.98 Å². The van der Waals surface area contributed by atoms with Gasteiger partial charge in [0.15, 0.2) is 0 Å². The largest absolute Gasteiger partial charge is 0.319 e. The lowest BCUT2D eigenvalue weighted by Gasteiger charge is -2.13. The van der Waals surface area contributed by atoms with Crippen molar-refractivity contribution in [2.45, 2.75) is 13.0 Å². The van der Waals surface area contributed by atoms with Gasteiger partial charge in [-0.15, -0.1) is 0 Å². The maximum Gasteiger partial charge on any atom is 0.129 e. The van der Waals surface area contributed by atoms with E-state index in [-0.39, 0.29) is 0 Å². The van der Waals surface area contributed by atoms with E-state index in [1.807, 2.05) is 19.1 Å². The Morgan fingerprint density at radius 3 is 2.71 bits per heavy atom. The molecule has 2 aromatic rings. The maximum atomic E-state index is 13.7. The predicted molar refractivity (Wildman–Crippen MR) is 66.4 cm³/mol. The Labute approximate surface area is 104 Å². The molecule has 0 bridgehead atoms. The molecule has 88 valence electrons. The van der Waals surface area contributed by atoms with E-state index in [1.54, 1.807) is 18.3 Å². The summed E-state index contributed by atoms with van der Waals surface area (Å²) < 4.78 is 13.7. The lowest BCUT2D eigenvalue weighted by Crippen LogP contribution is -2.15. The van der Waals surface area contributed by atoms with Gasteiger partial charge in [0.1, 0.15) is 5.82 Å². The molecule has 0 saturated carbocycles. The lowest BCUT2D eigenvalue weighted by molar-refractivity contribution is 0.597. The molecule has 1 heterocycles. The van der Waals surface area contributed by atoms with Crippen molar-refractivity contribution in [3.63, 3.8) is 0 Å². The molecule has 2 nitrogen and oxygen atoms in total. The summed E-state index contributed by atoms with van der Waals surface area (Å²) in [4.78, 5) is 4.15. The van der Waals surface area contributed by atoms with Crippen LogP contribution in [0.5, 0.6) is 0 Å². The fourth-order valence-corrected chi connectivity index (χ4v) is 1.80. The third-order valence-corrected chi connectivity index (χ3v) is 2.79. The lowest BCUT2D eigenvalue weighted by atomic mass is 10.0. The monoisotopic (exact) mass is 250 g/mol. The summed E-state index contributed by atoms with van der Waals surface area (Å²) in [5.41, 5.74) is 8.07. The first-order valence-electron chi connectivity index (χ1n) is 5.21. The van der Waals surface area contributed by atoms with Crippen molar-refractivity contribution in [2.75, 3.05) is 0 Å². The Bertz CT molecular complexity index is 543. The van der Waals surface area contributed by atoms with Crippen LogP contribution >= 0.6 is 11.6 Å². The number of aryl methyl sites for hydroxylation is 1. The fourth-order valence-electron chi connectivity index (χ4n) is 1.64. The molecule has 1 atom stereocenters. The topological polar surface area (TPSA) is 38.9 Å². The summed E-state index contributed by atoms with van der Waals surface area (Å²) in [5, 5.41) is 0.357. The van der Waals surface area contributed by atoms with Crippen molar-refractivity contribution in [3.05, 3.63) is 64.2 Å². The second kappa shape index (κ2) is 4.82. The molecule has 0 amide bonds. The van der Waals surface area contributed by atoms with Crippen LogP contribution in [0.3, 0.4) is 0 Å². The van der Waals surface area contributed by atoms with Crippen LogP contribution in [0.1, 0.15) is 22.9 Å². The van der Waals surface area contributed by atoms with Crippen LogP contribution in [-0.2, 0) is 0 Å². The number of pyridine rings is 1. The first-order valence-corrected chi connectivity index (χ1v) is 5.59. The van der Waals surface area contributed by atoms with Crippen molar-refractivity contribution in [1.82, 2.24) is 4.98 Å². The van der Waals surface area contributed by atoms with Gasteiger partial charge >= 0.3 is 0 Å². The number of hydrogen-bond acceptors (Lipinski definition) is 2. The normalized spacial score (nSPS) is 12.5. The molecule has 1 unspecified atom stereocenters. The zero-order valence-corrected chi connectivity index (χ0v) is 10.1. The zero-order valence-electron chi connectivity index (χ0n) is 9.32. The van der Waals surface area contributed by atoms with Gasteiger partial charge in [0.2, 0.25) is 0 Å². The minimum Gasteiger partial charge on any atom is -0.319 e. The SMILES string of the molecule is Cc1ccnc(C(N)c2ccc(Cl)cc2F)c1. The number of aromatic nitrogens is 1. The number of hydrogen-bond donors (Lipinski definition) is 1. The van der Waals surface area contributed by atoms with E-state index < -0.39 is 11.9 Å². The van der Waals surface area contributed by atoms with E-state index in [0.29, 0.717) is 16.3 Å². The Kier molecular flexibility index (Phi) is 3.41. The molecule has 0 radical (unpaired) electrons. The molecule has 1 aromatic heterocycles. The summed E-state index contributed by atoms with van der Waals surface area (Å²) in [6.45, 7) is 1.94. The molecule has 2 N–H and O–H groups in total. The van der Waals surface area contributed by atoms with Gasteiger partial charge in [-0.25, -0.2) is 4.39 Å². The molecular weight excluding hydrogens is 239 g/mol. The summed E-state index contributed by atoms with van der Waals surface area (Å²) in [5.74, 6) is -0.409. The molecule has 17 heavy (non-hydrogen) atoms. The molecule has 0 aliphatic heterocycles. The average Bonchev–Trinajstić information content (AvgIpc) is 2.28. The second-order valence-electron chi connectivity index (χ2n) is 3.90. The van der Waals surface area contributed by atoms with Crippen LogP contribution in [0.15, 0.2) is 36.5 Å². The summed E-state index contributed by atoms with van der Waals surface area (Å²) in [6, 6.07) is 7.61. The van der Waals surface area contributed by atoms with Crippen LogP contribution in [0, 0.1) is 12.7 Å². The highest BCUT2D eigenvalue weighted by atomic mass is 35.5. The standard InChI is InChI=1S/C13H12ClFN2/c1-8-4-5-17-12(6-8)13(16)10-3-2-9(14)7-11(10)15/h2-7,13H,16H2,1H3. The van der Waals surface area contributed by atoms with Crippen molar-refractivity contribution in [1.29, 1.82) is 0 Å².